The Morgan fingerprint density at radius 1 is 1.69 bits per heavy atom. The van der Waals surface area contributed by atoms with Gasteiger partial charge in [0.2, 0.25) is 0 Å². The maximum absolute atomic E-state index is 11.3. The van der Waals surface area contributed by atoms with Crippen molar-refractivity contribution < 1.29 is 14.7 Å². The van der Waals surface area contributed by atoms with Crippen molar-refractivity contribution in [3.63, 3.8) is 0 Å². The average Bonchev–Trinajstić information content (AvgIpc) is 2.60. The number of hydrogen-bond acceptors (Lipinski definition) is 4. The first-order valence-electron chi connectivity index (χ1n) is 4.38. The highest BCUT2D eigenvalue weighted by atomic mass is 79.9. The molecule has 0 saturated carbocycles. The predicted molar refractivity (Wildman–Crippen MR) is 63.6 cm³/mol. The molecule has 88 valence electrons. The van der Waals surface area contributed by atoms with Crippen molar-refractivity contribution in [2.45, 2.75) is 6.92 Å². The van der Waals surface area contributed by atoms with Crippen LogP contribution < -0.4 is 10.6 Å². The monoisotopic (exact) mass is 307 g/mol. The van der Waals surface area contributed by atoms with Crippen LogP contribution in [0.3, 0.4) is 0 Å². The number of rotatable bonds is 4. The Morgan fingerprint density at radius 3 is 2.88 bits per heavy atom. The number of carboxylic acid groups (broad SMARTS) is 1. The molecule has 1 atom stereocenters. The Bertz CT molecular complexity index is 396. The van der Waals surface area contributed by atoms with Gasteiger partial charge in [-0.05, 0) is 15.9 Å². The van der Waals surface area contributed by atoms with Gasteiger partial charge in [-0.25, -0.2) is 9.78 Å². The zero-order valence-electron chi connectivity index (χ0n) is 8.36. The number of amides is 2. The van der Waals surface area contributed by atoms with Crippen molar-refractivity contribution >= 4 is 44.4 Å². The lowest BCUT2D eigenvalue weighted by molar-refractivity contribution is -0.140. The van der Waals surface area contributed by atoms with Crippen molar-refractivity contribution in [2.24, 2.45) is 5.92 Å². The Balaban J connectivity index is 2.34. The van der Waals surface area contributed by atoms with E-state index in [1.54, 1.807) is 6.20 Å². The van der Waals surface area contributed by atoms with Crippen molar-refractivity contribution in [3.05, 3.63) is 9.98 Å². The third-order valence-electron chi connectivity index (χ3n) is 1.69. The first-order chi connectivity index (χ1) is 7.49. The van der Waals surface area contributed by atoms with E-state index >= 15 is 0 Å². The molecule has 0 aromatic carbocycles. The molecule has 0 fully saturated rings. The number of carbonyl (C=O) groups is 2. The lowest BCUT2D eigenvalue weighted by Gasteiger charge is -2.07. The van der Waals surface area contributed by atoms with Gasteiger partial charge in [0, 0.05) is 6.54 Å². The van der Waals surface area contributed by atoms with E-state index in [1.807, 2.05) is 0 Å². The quantitative estimate of drug-likeness (QED) is 0.790. The minimum absolute atomic E-state index is 0.0771. The SMILES string of the molecule is CC(CNC(=O)Nc1ncc(Br)s1)C(=O)O. The number of nitrogens with zero attached hydrogens (tertiary/aromatic N) is 1. The summed E-state index contributed by atoms with van der Waals surface area (Å²) in [4.78, 5) is 25.7. The van der Waals surface area contributed by atoms with Crippen molar-refractivity contribution in [2.75, 3.05) is 11.9 Å². The van der Waals surface area contributed by atoms with Crippen LogP contribution in [0.15, 0.2) is 9.98 Å². The number of carbonyl (C=O) groups excluding carboxylic acids is 1. The molecule has 3 N–H and O–H groups in total. The zero-order valence-corrected chi connectivity index (χ0v) is 10.8. The Kier molecular flexibility index (Phi) is 4.69. The van der Waals surface area contributed by atoms with E-state index in [9.17, 15) is 9.59 Å². The fraction of sp³-hybridized carbons (Fsp3) is 0.375. The topological polar surface area (TPSA) is 91.3 Å². The summed E-state index contributed by atoms with van der Waals surface area (Å²) in [6.45, 7) is 1.59. The Morgan fingerprint density at radius 2 is 2.38 bits per heavy atom. The van der Waals surface area contributed by atoms with E-state index in [4.69, 9.17) is 5.11 Å². The molecular weight excluding hydrogens is 298 g/mol. The second kappa shape index (κ2) is 5.80. The summed E-state index contributed by atoms with van der Waals surface area (Å²) in [5.74, 6) is -1.56. The molecule has 1 rings (SSSR count). The number of hydrogen-bond donors (Lipinski definition) is 3. The maximum Gasteiger partial charge on any atom is 0.321 e. The molecule has 0 aliphatic heterocycles. The van der Waals surface area contributed by atoms with Gasteiger partial charge >= 0.3 is 12.0 Å². The predicted octanol–water partition coefficient (Wildman–Crippen LogP) is 1.75. The summed E-state index contributed by atoms with van der Waals surface area (Å²) >= 11 is 4.48. The molecule has 6 nitrogen and oxygen atoms in total. The highest BCUT2D eigenvalue weighted by Gasteiger charge is 2.12. The summed E-state index contributed by atoms with van der Waals surface area (Å²) in [6, 6.07) is -0.463. The molecule has 16 heavy (non-hydrogen) atoms. The smallest absolute Gasteiger partial charge is 0.321 e. The van der Waals surface area contributed by atoms with Crippen LogP contribution in [0.2, 0.25) is 0 Å². The molecule has 1 unspecified atom stereocenters. The minimum Gasteiger partial charge on any atom is -0.481 e. The summed E-state index contributed by atoms with van der Waals surface area (Å²) in [6.07, 6.45) is 1.57. The lowest BCUT2D eigenvalue weighted by Crippen LogP contribution is -2.34. The van der Waals surface area contributed by atoms with Crippen LogP contribution in [0.4, 0.5) is 9.93 Å². The molecule has 0 aliphatic carbocycles. The molecule has 0 radical (unpaired) electrons. The molecule has 1 heterocycles. The van der Waals surface area contributed by atoms with Crippen LogP contribution in [-0.2, 0) is 4.79 Å². The van der Waals surface area contributed by atoms with Gasteiger partial charge in [-0.15, -0.1) is 0 Å². The van der Waals surface area contributed by atoms with Gasteiger partial charge in [0.15, 0.2) is 5.13 Å². The summed E-state index contributed by atoms with van der Waals surface area (Å²) in [5, 5.41) is 14.0. The third-order valence-corrected chi connectivity index (χ3v) is 3.08. The van der Waals surface area contributed by atoms with Crippen LogP contribution in [-0.4, -0.2) is 28.6 Å². The highest BCUT2D eigenvalue weighted by Crippen LogP contribution is 2.22. The van der Waals surface area contributed by atoms with E-state index in [0.717, 1.165) is 3.79 Å². The third kappa shape index (κ3) is 4.15. The molecule has 0 aliphatic rings. The molecule has 1 aromatic rings. The first kappa shape index (κ1) is 12.9. The number of nitrogens with one attached hydrogen (secondary N) is 2. The fourth-order valence-corrected chi connectivity index (χ4v) is 1.89. The normalized spacial score (nSPS) is 11.9. The number of aliphatic carboxylic acids is 1. The molecule has 0 spiro atoms. The number of thiazole rings is 1. The molecule has 0 bridgehead atoms. The standard InChI is InChI=1S/C8H10BrN3O3S/c1-4(6(13)14)2-10-7(15)12-8-11-3-5(9)16-8/h3-4H,2H2,1H3,(H,13,14)(H2,10,11,12,15). The van der Waals surface area contributed by atoms with Gasteiger partial charge in [0.1, 0.15) is 0 Å². The number of urea groups is 1. The highest BCUT2D eigenvalue weighted by molar-refractivity contribution is 9.11. The van der Waals surface area contributed by atoms with Crippen molar-refractivity contribution in [3.8, 4) is 0 Å². The van der Waals surface area contributed by atoms with Crippen molar-refractivity contribution in [1.82, 2.24) is 10.3 Å². The van der Waals surface area contributed by atoms with Crippen molar-refractivity contribution in [1.29, 1.82) is 0 Å². The van der Waals surface area contributed by atoms with Crippen LogP contribution >= 0.6 is 27.3 Å². The van der Waals surface area contributed by atoms with Gasteiger partial charge in [0.05, 0.1) is 15.9 Å². The number of carboxylic acids is 1. The van der Waals surface area contributed by atoms with Gasteiger partial charge in [-0.2, -0.15) is 0 Å². The van der Waals surface area contributed by atoms with Crippen LogP contribution in [0.1, 0.15) is 6.92 Å². The van der Waals surface area contributed by atoms with Crippen LogP contribution in [0.5, 0.6) is 0 Å². The van der Waals surface area contributed by atoms with Gasteiger partial charge in [0.25, 0.3) is 0 Å². The largest absolute Gasteiger partial charge is 0.481 e. The molecule has 2 amide bonds. The van der Waals surface area contributed by atoms with E-state index in [0.29, 0.717) is 5.13 Å². The zero-order chi connectivity index (χ0) is 12.1. The number of anilines is 1. The minimum atomic E-state index is -0.947. The van der Waals surface area contributed by atoms with Crippen LogP contribution in [0.25, 0.3) is 0 Å². The molecule has 8 heteroatoms. The molecule has 0 saturated heterocycles. The van der Waals surface area contributed by atoms with E-state index in [1.165, 1.54) is 18.3 Å². The van der Waals surface area contributed by atoms with Gasteiger partial charge in [-0.3, -0.25) is 10.1 Å². The van der Waals surface area contributed by atoms with E-state index in [2.05, 4.69) is 31.5 Å². The van der Waals surface area contributed by atoms with E-state index < -0.39 is 17.9 Å². The summed E-state index contributed by atoms with van der Waals surface area (Å²) < 4.78 is 0.807. The fourth-order valence-electron chi connectivity index (χ4n) is 0.787. The molecule has 1 aromatic heterocycles. The summed E-state index contributed by atoms with van der Waals surface area (Å²) in [7, 11) is 0. The summed E-state index contributed by atoms with van der Waals surface area (Å²) in [5.41, 5.74) is 0. The van der Waals surface area contributed by atoms with Gasteiger partial charge < -0.3 is 10.4 Å². The number of aromatic nitrogens is 1. The maximum atomic E-state index is 11.3. The Hall–Kier alpha value is -1.15. The molecular formula is C8H10BrN3O3S. The van der Waals surface area contributed by atoms with E-state index in [-0.39, 0.29) is 6.54 Å². The lowest BCUT2D eigenvalue weighted by atomic mass is 10.2. The van der Waals surface area contributed by atoms with Gasteiger partial charge in [-0.1, -0.05) is 18.3 Å². The van der Waals surface area contributed by atoms with Crippen LogP contribution in [0, 0.1) is 5.92 Å². The Labute approximate surface area is 104 Å². The second-order valence-electron chi connectivity index (χ2n) is 3.04. The average molecular weight is 308 g/mol. The second-order valence-corrected chi connectivity index (χ2v) is 5.45. The first-order valence-corrected chi connectivity index (χ1v) is 5.99. The number of halogens is 1.